The van der Waals surface area contributed by atoms with Gasteiger partial charge in [-0.15, -0.1) is 11.3 Å². The largest absolute Gasteiger partial charge is 0.377 e. The van der Waals surface area contributed by atoms with Crippen molar-refractivity contribution in [2.75, 3.05) is 37.7 Å². The molecule has 162 valence electrons. The Hall–Kier alpha value is -2.55. The van der Waals surface area contributed by atoms with Crippen LogP contribution in [0.1, 0.15) is 28.8 Å². The van der Waals surface area contributed by atoms with Crippen molar-refractivity contribution in [1.29, 1.82) is 0 Å². The van der Waals surface area contributed by atoms with Crippen molar-refractivity contribution >= 4 is 33.3 Å². The lowest BCUT2D eigenvalue weighted by Crippen LogP contribution is -2.45. The van der Waals surface area contributed by atoms with Crippen LogP contribution in [0.25, 0.3) is 10.2 Å². The summed E-state index contributed by atoms with van der Waals surface area (Å²) in [5, 5.41) is 5.07. The predicted molar refractivity (Wildman–Crippen MR) is 121 cm³/mol. The van der Waals surface area contributed by atoms with Crippen molar-refractivity contribution < 1.29 is 14.3 Å². The number of aryl methyl sites for hydroxylation is 1. The zero-order valence-corrected chi connectivity index (χ0v) is 18.4. The number of thiophene rings is 1. The van der Waals surface area contributed by atoms with Gasteiger partial charge in [0.25, 0.3) is 5.91 Å². The van der Waals surface area contributed by atoms with Crippen molar-refractivity contribution in [3.05, 3.63) is 53.2 Å². The van der Waals surface area contributed by atoms with Crippen molar-refractivity contribution in [2.24, 2.45) is 0 Å². The van der Waals surface area contributed by atoms with Crippen LogP contribution in [0.2, 0.25) is 0 Å². The highest BCUT2D eigenvalue weighted by atomic mass is 32.1. The lowest BCUT2D eigenvalue weighted by atomic mass is 10.00. The molecule has 0 aliphatic carbocycles. The fraction of sp³-hybridized carbons (Fsp3) is 0.435. The van der Waals surface area contributed by atoms with Gasteiger partial charge in [0.05, 0.1) is 36.1 Å². The summed E-state index contributed by atoms with van der Waals surface area (Å²) in [7, 11) is 0. The Morgan fingerprint density at radius 2 is 2.16 bits per heavy atom. The number of fused-ring (bicyclic) bond motifs is 1. The van der Waals surface area contributed by atoms with Gasteiger partial charge in [0.2, 0.25) is 0 Å². The molecular weight excluding hydrogens is 412 g/mol. The van der Waals surface area contributed by atoms with Gasteiger partial charge >= 0.3 is 0 Å². The van der Waals surface area contributed by atoms with Gasteiger partial charge in [0, 0.05) is 18.7 Å². The number of nitrogens with one attached hydrogen (secondary N) is 1. The molecule has 1 N–H and O–H groups in total. The van der Waals surface area contributed by atoms with Crippen molar-refractivity contribution in [3.63, 3.8) is 0 Å². The minimum Gasteiger partial charge on any atom is -0.377 e. The van der Waals surface area contributed by atoms with E-state index < -0.39 is 0 Å². The highest BCUT2D eigenvalue weighted by molar-refractivity contribution is 7.17. The summed E-state index contributed by atoms with van der Waals surface area (Å²) < 4.78 is 13.5. The fourth-order valence-electron chi connectivity index (χ4n) is 4.36. The van der Waals surface area contributed by atoms with Crippen LogP contribution in [0.15, 0.2) is 42.0 Å². The van der Waals surface area contributed by atoms with Crippen molar-refractivity contribution in [1.82, 2.24) is 15.3 Å². The van der Waals surface area contributed by atoms with Gasteiger partial charge in [-0.05, 0) is 43.3 Å². The predicted octanol–water partition coefficient (Wildman–Crippen LogP) is 3.18. The second-order valence-electron chi connectivity index (χ2n) is 8.34. The lowest BCUT2D eigenvalue weighted by molar-refractivity contribution is -0.0749. The second kappa shape index (κ2) is 8.53. The SMILES string of the molecule is Cc1ccc(C(=O)NC[C@@H]2CC[C@@]3(COCCN(c4ncnc5ccsc45)C3)O2)cc1. The summed E-state index contributed by atoms with van der Waals surface area (Å²) in [4.78, 5) is 23.7. The smallest absolute Gasteiger partial charge is 0.251 e. The molecule has 0 unspecified atom stereocenters. The fourth-order valence-corrected chi connectivity index (χ4v) is 5.22. The molecule has 4 heterocycles. The lowest BCUT2D eigenvalue weighted by Gasteiger charge is -2.32. The van der Waals surface area contributed by atoms with Crippen LogP contribution in [0.3, 0.4) is 0 Å². The molecule has 1 aromatic carbocycles. The Balaban J connectivity index is 1.25. The van der Waals surface area contributed by atoms with E-state index in [1.54, 1.807) is 17.7 Å². The highest BCUT2D eigenvalue weighted by Gasteiger charge is 2.43. The number of hydrogen-bond acceptors (Lipinski definition) is 7. The minimum absolute atomic E-state index is 0.0231. The summed E-state index contributed by atoms with van der Waals surface area (Å²) in [6, 6.07) is 9.63. The van der Waals surface area contributed by atoms with Crippen LogP contribution < -0.4 is 10.2 Å². The van der Waals surface area contributed by atoms with Crippen LogP contribution >= 0.6 is 11.3 Å². The molecule has 2 atom stereocenters. The zero-order chi connectivity index (χ0) is 21.3. The number of anilines is 1. The maximum absolute atomic E-state index is 12.5. The molecule has 0 saturated carbocycles. The van der Waals surface area contributed by atoms with E-state index in [2.05, 4.69) is 20.2 Å². The van der Waals surface area contributed by atoms with Gasteiger partial charge in [-0.2, -0.15) is 0 Å². The van der Waals surface area contributed by atoms with Crippen molar-refractivity contribution in [3.8, 4) is 0 Å². The summed E-state index contributed by atoms with van der Waals surface area (Å²) in [6.45, 7) is 5.19. The Labute approximate surface area is 185 Å². The first-order valence-corrected chi connectivity index (χ1v) is 11.5. The third kappa shape index (κ3) is 4.28. The quantitative estimate of drug-likeness (QED) is 0.674. The molecule has 3 aromatic rings. The van der Waals surface area contributed by atoms with Gasteiger partial charge < -0.3 is 19.7 Å². The van der Waals surface area contributed by atoms with Gasteiger partial charge in [0.15, 0.2) is 0 Å². The third-order valence-electron chi connectivity index (χ3n) is 6.02. The molecule has 2 aliphatic heterocycles. The van der Waals surface area contributed by atoms with Crippen LogP contribution in [0.5, 0.6) is 0 Å². The van der Waals surface area contributed by atoms with Crippen LogP contribution in [-0.4, -0.2) is 60.4 Å². The number of nitrogens with zero attached hydrogens (tertiary/aromatic N) is 3. The van der Waals surface area contributed by atoms with Gasteiger partial charge in [-0.25, -0.2) is 9.97 Å². The summed E-state index contributed by atoms with van der Waals surface area (Å²) in [5.41, 5.74) is 2.40. The number of benzene rings is 1. The number of hydrogen-bond donors (Lipinski definition) is 1. The van der Waals surface area contributed by atoms with E-state index >= 15 is 0 Å². The molecule has 0 radical (unpaired) electrons. The van der Waals surface area contributed by atoms with E-state index in [4.69, 9.17) is 9.47 Å². The Bertz CT molecular complexity index is 1070. The van der Waals surface area contributed by atoms with Gasteiger partial charge in [-0.3, -0.25) is 4.79 Å². The molecule has 1 amide bonds. The van der Waals surface area contributed by atoms with E-state index in [0.29, 0.717) is 25.3 Å². The Kier molecular flexibility index (Phi) is 5.60. The molecular formula is C23H26N4O3S. The number of carbonyl (C=O) groups is 1. The second-order valence-corrected chi connectivity index (χ2v) is 9.26. The Morgan fingerprint density at radius 1 is 1.29 bits per heavy atom. The monoisotopic (exact) mass is 438 g/mol. The van der Waals surface area contributed by atoms with Gasteiger partial charge in [0.1, 0.15) is 17.7 Å². The molecule has 2 aromatic heterocycles. The van der Waals surface area contributed by atoms with E-state index in [1.165, 1.54) is 0 Å². The third-order valence-corrected chi connectivity index (χ3v) is 6.92. The number of amides is 1. The first-order valence-electron chi connectivity index (χ1n) is 10.7. The van der Waals surface area contributed by atoms with E-state index in [9.17, 15) is 4.79 Å². The highest BCUT2D eigenvalue weighted by Crippen LogP contribution is 2.36. The summed E-state index contributed by atoms with van der Waals surface area (Å²) in [5.74, 6) is 0.883. The summed E-state index contributed by atoms with van der Waals surface area (Å²) in [6.07, 6.45) is 3.39. The first kappa shape index (κ1) is 20.4. The number of rotatable bonds is 4. The van der Waals surface area contributed by atoms with E-state index in [1.807, 2.05) is 42.6 Å². The van der Waals surface area contributed by atoms with Crippen LogP contribution in [0, 0.1) is 6.92 Å². The maximum atomic E-state index is 12.5. The molecule has 7 nitrogen and oxygen atoms in total. The first-order chi connectivity index (χ1) is 15.1. The number of aromatic nitrogens is 2. The molecule has 1 spiro atoms. The van der Waals surface area contributed by atoms with Crippen molar-refractivity contribution in [2.45, 2.75) is 31.5 Å². The molecule has 2 aliphatic rings. The molecule has 2 fully saturated rings. The maximum Gasteiger partial charge on any atom is 0.251 e. The molecule has 5 rings (SSSR count). The van der Waals surface area contributed by atoms with Crippen LogP contribution in [-0.2, 0) is 9.47 Å². The van der Waals surface area contributed by atoms with E-state index in [0.717, 1.165) is 47.5 Å². The standard InChI is InChI=1S/C23H26N4O3S/c1-16-2-4-17(5-3-16)22(28)24-12-18-6-8-23(30-18)13-27(9-10-29-14-23)21-20-19(7-11-31-20)25-15-26-21/h2-5,7,11,15,18H,6,8-10,12-14H2,1H3,(H,24,28)/t18-,23+/m0/s1. The Morgan fingerprint density at radius 3 is 3.03 bits per heavy atom. The summed E-state index contributed by atoms with van der Waals surface area (Å²) >= 11 is 1.66. The molecule has 2 saturated heterocycles. The number of ether oxygens (including phenoxy) is 2. The molecule has 0 bridgehead atoms. The zero-order valence-electron chi connectivity index (χ0n) is 17.5. The van der Waals surface area contributed by atoms with Crippen LogP contribution in [0.4, 0.5) is 5.82 Å². The molecule has 8 heteroatoms. The normalized spacial score (nSPS) is 23.9. The minimum atomic E-state index is -0.385. The number of carbonyl (C=O) groups excluding carboxylic acids is 1. The topological polar surface area (TPSA) is 76.6 Å². The van der Waals surface area contributed by atoms with E-state index in [-0.39, 0.29) is 17.6 Å². The average molecular weight is 439 g/mol. The molecule has 31 heavy (non-hydrogen) atoms. The average Bonchev–Trinajstić information content (AvgIpc) is 3.36. The van der Waals surface area contributed by atoms with Gasteiger partial charge in [-0.1, -0.05) is 17.7 Å².